The van der Waals surface area contributed by atoms with E-state index in [2.05, 4.69) is 10.2 Å². The minimum absolute atomic E-state index is 0.00740. The molecule has 1 atom stereocenters. The Balaban J connectivity index is 1.43. The maximum atomic E-state index is 13.2. The molecule has 176 valence electrons. The van der Waals surface area contributed by atoms with E-state index in [-0.39, 0.29) is 18.2 Å². The molecule has 3 aromatic carbocycles. The SMILES string of the molecule is COc1ccccc1N1CCN(C(=O)C[C@@H](NC(=O)c2ccccc2Cl)c2ccccc2)CC1. The number of hydrogen-bond donors (Lipinski definition) is 1. The number of anilines is 1. The molecule has 0 bridgehead atoms. The Morgan fingerprint density at radius 3 is 2.26 bits per heavy atom. The molecule has 3 aromatic rings. The van der Waals surface area contributed by atoms with Gasteiger partial charge in [-0.3, -0.25) is 9.59 Å². The lowest BCUT2D eigenvalue weighted by Crippen LogP contribution is -2.49. The van der Waals surface area contributed by atoms with Gasteiger partial charge in [-0.1, -0.05) is 66.2 Å². The summed E-state index contributed by atoms with van der Waals surface area (Å²) in [5, 5.41) is 3.39. The highest BCUT2D eigenvalue weighted by Crippen LogP contribution is 2.29. The van der Waals surface area contributed by atoms with E-state index in [9.17, 15) is 9.59 Å². The summed E-state index contributed by atoms with van der Waals surface area (Å²) in [4.78, 5) is 30.3. The molecule has 0 aromatic heterocycles. The number of halogens is 1. The summed E-state index contributed by atoms with van der Waals surface area (Å²) >= 11 is 6.21. The van der Waals surface area contributed by atoms with Crippen LogP contribution in [0.4, 0.5) is 5.69 Å². The lowest BCUT2D eigenvalue weighted by molar-refractivity contribution is -0.132. The molecule has 1 fully saturated rings. The lowest BCUT2D eigenvalue weighted by atomic mass is 10.0. The van der Waals surface area contributed by atoms with Gasteiger partial charge in [-0.05, 0) is 29.8 Å². The second kappa shape index (κ2) is 11.1. The van der Waals surface area contributed by atoms with E-state index in [0.717, 1.165) is 17.0 Å². The van der Waals surface area contributed by atoms with Crippen molar-refractivity contribution in [3.05, 3.63) is 95.0 Å². The van der Waals surface area contributed by atoms with Gasteiger partial charge >= 0.3 is 0 Å². The summed E-state index contributed by atoms with van der Waals surface area (Å²) in [7, 11) is 1.67. The van der Waals surface area contributed by atoms with Gasteiger partial charge in [-0.25, -0.2) is 0 Å². The van der Waals surface area contributed by atoms with Gasteiger partial charge in [-0.2, -0.15) is 0 Å². The zero-order valence-corrected chi connectivity index (χ0v) is 19.9. The van der Waals surface area contributed by atoms with Crippen LogP contribution in [0.1, 0.15) is 28.4 Å². The summed E-state index contributed by atoms with van der Waals surface area (Å²) in [5.74, 6) is 0.537. The smallest absolute Gasteiger partial charge is 0.253 e. The first-order chi connectivity index (χ1) is 16.6. The minimum Gasteiger partial charge on any atom is -0.495 e. The van der Waals surface area contributed by atoms with Crippen molar-refractivity contribution in [1.29, 1.82) is 0 Å². The van der Waals surface area contributed by atoms with Crippen molar-refractivity contribution in [2.75, 3.05) is 38.2 Å². The van der Waals surface area contributed by atoms with E-state index in [4.69, 9.17) is 16.3 Å². The van der Waals surface area contributed by atoms with Crippen molar-refractivity contribution >= 4 is 29.1 Å². The zero-order valence-electron chi connectivity index (χ0n) is 19.1. The molecule has 1 heterocycles. The van der Waals surface area contributed by atoms with Gasteiger partial charge in [0.25, 0.3) is 5.91 Å². The van der Waals surface area contributed by atoms with Gasteiger partial charge in [-0.15, -0.1) is 0 Å². The van der Waals surface area contributed by atoms with E-state index < -0.39 is 6.04 Å². The number of methoxy groups -OCH3 is 1. The third kappa shape index (κ3) is 5.51. The Morgan fingerprint density at radius 1 is 0.912 bits per heavy atom. The molecule has 2 amide bonds. The molecule has 1 aliphatic rings. The van der Waals surface area contributed by atoms with Crippen LogP contribution in [0, 0.1) is 0 Å². The van der Waals surface area contributed by atoms with E-state index in [1.165, 1.54) is 0 Å². The topological polar surface area (TPSA) is 61.9 Å². The number of amides is 2. The van der Waals surface area contributed by atoms with Crippen LogP contribution in [0.3, 0.4) is 0 Å². The van der Waals surface area contributed by atoms with Gasteiger partial charge in [0, 0.05) is 26.2 Å². The van der Waals surface area contributed by atoms with Crippen LogP contribution < -0.4 is 15.0 Å². The Labute approximate surface area is 205 Å². The molecule has 6 nitrogen and oxygen atoms in total. The third-order valence-electron chi connectivity index (χ3n) is 6.06. The van der Waals surface area contributed by atoms with Crippen LogP contribution in [0.25, 0.3) is 0 Å². The predicted octanol–water partition coefficient (Wildman–Crippen LogP) is 4.56. The Bertz CT molecular complexity index is 1130. The first kappa shape index (κ1) is 23.6. The number of rotatable bonds is 7. The van der Waals surface area contributed by atoms with Gasteiger partial charge in [0.05, 0.1) is 35.8 Å². The molecule has 1 N–H and O–H groups in total. The number of carbonyl (C=O) groups excluding carboxylic acids is 2. The number of nitrogens with zero attached hydrogens (tertiary/aromatic N) is 2. The predicted molar refractivity (Wildman–Crippen MR) is 135 cm³/mol. The Hall–Kier alpha value is -3.51. The third-order valence-corrected chi connectivity index (χ3v) is 6.39. The van der Waals surface area contributed by atoms with Crippen molar-refractivity contribution in [3.8, 4) is 5.75 Å². The number of ether oxygens (including phenoxy) is 1. The first-order valence-electron chi connectivity index (χ1n) is 11.3. The standard InChI is InChI=1S/C27H28ClN3O3/c1-34-25-14-8-7-13-24(25)30-15-17-31(18-16-30)26(32)19-23(20-9-3-2-4-10-20)29-27(33)21-11-5-6-12-22(21)28/h2-14,23H,15-19H2,1H3,(H,29,33)/t23-/m1/s1. The minimum atomic E-state index is -0.454. The summed E-state index contributed by atoms with van der Waals surface area (Å²) in [6.07, 6.45) is 0.175. The fourth-order valence-corrected chi connectivity index (χ4v) is 4.43. The zero-order chi connectivity index (χ0) is 23.9. The average molecular weight is 478 g/mol. The Morgan fingerprint density at radius 2 is 1.56 bits per heavy atom. The molecular weight excluding hydrogens is 450 g/mol. The van der Waals surface area contributed by atoms with Gasteiger partial charge in [0.15, 0.2) is 0 Å². The molecule has 7 heteroatoms. The highest BCUT2D eigenvalue weighted by atomic mass is 35.5. The van der Waals surface area contributed by atoms with E-state index in [1.807, 2.05) is 59.5 Å². The van der Waals surface area contributed by atoms with Gasteiger partial charge in [0.1, 0.15) is 5.75 Å². The van der Waals surface area contributed by atoms with Crippen molar-refractivity contribution < 1.29 is 14.3 Å². The molecule has 0 unspecified atom stereocenters. The van der Waals surface area contributed by atoms with Gasteiger partial charge < -0.3 is 19.9 Å². The fourth-order valence-electron chi connectivity index (χ4n) is 4.21. The first-order valence-corrected chi connectivity index (χ1v) is 11.7. The normalized spacial score (nSPS) is 14.4. The average Bonchev–Trinajstić information content (AvgIpc) is 2.89. The Kier molecular flexibility index (Phi) is 7.70. The molecule has 0 aliphatic carbocycles. The van der Waals surface area contributed by atoms with Crippen molar-refractivity contribution in [2.45, 2.75) is 12.5 Å². The van der Waals surface area contributed by atoms with E-state index in [0.29, 0.717) is 36.8 Å². The van der Waals surface area contributed by atoms with Crippen LogP contribution in [-0.2, 0) is 4.79 Å². The quantitative estimate of drug-likeness (QED) is 0.542. The van der Waals surface area contributed by atoms with Crippen molar-refractivity contribution in [1.82, 2.24) is 10.2 Å². The van der Waals surface area contributed by atoms with Gasteiger partial charge in [0.2, 0.25) is 5.91 Å². The van der Waals surface area contributed by atoms with Crippen molar-refractivity contribution in [2.24, 2.45) is 0 Å². The molecule has 0 radical (unpaired) electrons. The highest BCUT2D eigenvalue weighted by Gasteiger charge is 2.26. The molecule has 0 spiro atoms. The van der Waals surface area contributed by atoms with Crippen molar-refractivity contribution in [3.63, 3.8) is 0 Å². The maximum Gasteiger partial charge on any atom is 0.253 e. The molecule has 0 saturated carbocycles. The van der Waals surface area contributed by atoms with Crippen LogP contribution in [0.5, 0.6) is 5.75 Å². The highest BCUT2D eigenvalue weighted by molar-refractivity contribution is 6.33. The summed E-state index contributed by atoms with van der Waals surface area (Å²) < 4.78 is 5.48. The van der Waals surface area contributed by atoms with E-state index >= 15 is 0 Å². The van der Waals surface area contributed by atoms with E-state index in [1.54, 1.807) is 31.4 Å². The number of carbonyl (C=O) groups is 2. The van der Waals surface area contributed by atoms with Crippen LogP contribution in [0.2, 0.25) is 5.02 Å². The maximum absolute atomic E-state index is 13.2. The van der Waals surface area contributed by atoms with Crippen LogP contribution >= 0.6 is 11.6 Å². The summed E-state index contributed by atoms with van der Waals surface area (Å²) in [6.45, 7) is 2.65. The fraction of sp³-hybridized carbons (Fsp3) is 0.259. The number of piperazine rings is 1. The number of benzene rings is 3. The van der Waals surface area contributed by atoms with Crippen LogP contribution in [0.15, 0.2) is 78.9 Å². The molecular formula is C27H28ClN3O3. The number of hydrogen-bond acceptors (Lipinski definition) is 4. The summed E-state index contributed by atoms with van der Waals surface area (Å²) in [6, 6.07) is 23.9. The van der Waals surface area contributed by atoms with Crippen LogP contribution in [-0.4, -0.2) is 50.0 Å². The second-order valence-corrected chi connectivity index (χ2v) is 8.57. The largest absolute Gasteiger partial charge is 0.495 e. The molecule has 34 heavy (non-hydrogen) atoms. The number of para-hydroxylation sites is 2. The molecule has 1 aliphatic heterocycles. The lowest BCUT2D eigenvalue weighted by Gasteiger charge is -2.37. The summed E-state index contributed by atoms with van der Waals surface area (Å²) in [5.41, 5.74) is 2.30. The molecule has 1 saturated heterocycles. The monoisotopic (exact) mass is 477 g/mol. The molecule has 4 rings (SSSR count). The second-order valence-electron chi connectivity index (χ2n) is 8.16. The number of nitrogens with one attached hydrogen (secondary N) is 1.